The summed E-state index contributed by atoms with van der Waals surface area (Å²) in [5.74, 6) is -0.219. The lowest BCUT2D eigenvalue weighted by atomic mass is 10.1. The first-order chi connectivity index (χ1) is 9.52. The predicted molar refractivity (Wildman–Crippen MR) is 71.7 cm³/mol. The molecular formula is C13H12ClN3O3. The van der Waals surface area contributed by atoms with E-state index in [4.69, 9.17) is 22.0 Å². The van der Waals surface area contributed by atoms with Crippen molar-refractivity contribution in [1.82, 2.24) is 9.80 Å². The van der Waals surface area contributed by atoms with Crippen molar-refractivity contribution >= 4 is 23.6 Å². The molecule has 0 aromatic heterocycles. The molecule has 1 heterocycles. The number of hydrogen-bond acceptors (Lipinski definition) is 3. The van der Waals surface area contributed by atoms with Gasteiger partial charge in [0.05, 0.1) is 10.6 Å². The minimum absolute atomic E-state index is 0.219. The SMILES string of the molecule is N#Cc1cc(C(=O)N2CCN(C(=O)O)CC2)ccc1Cl. The van der Waals surface area contributed by atoms with Crippen LogP contribution in [0.4, 0.5) is 4.79 Å². The number of benzene rings is 1. The third-order valence-electron chi connectivity index (χ3n) is 3.17. The summed E-state index contributed by atoms with van der Waals surface area (Å²) in [5.41, 5.74) is 0.636. The first-order valence-corrected chi connectivity index (χ1v) is 6.37. The molecule has 1 saturated heterocycles. The van der Waals surface area contributed by atoms with E-state index in [9.17, 15) is 9.59 Å². The second kappa shape index (κ2) is 5.80. The molecule has 7 heteroatoms. The molecular weight excluding hydrogens is 282 g/mol. The van der Waals surface area contributed by atoms with Crippen molar-refractivity contribution in [2.45, 2.75) is 0 Å². The third kappa shape index (κ3) is 2.83. The molecule has 2 rings (SSSR count). The molecule has 20 heavy (non-hydrogen) atoms. The van der Waals surface area contributed by atoms with Gasteiger partial charge < -0.3 is 14.9 Å². The highest BCUT2D eigenvalue weighted by atomic mass is 35.5. The standard InChI is InChI=1S/C13H12ClN3O3/c14-11-2-1-9(7-10(11)8-15)12(18)16-3-5-17(6-4-16)13(19)20/h1-2,7H,3-6H2,(H,19,20). The van der Waals surface area contributed by atoms with E-state index in [-0.39, 0.29) is 11.5 Å². The zero-order valence-electron chi connectivity index (χ0n) is 10.5. The molecule has 0 atom stereocenters. The fourth-order valence-corrected chi connectivity index (χ4v) is 2.19. The van der Waals surface area contributed by atoms with Crippen molar-refractivity contribution in [2.75, 3.05) is 26.2 Å². The van der Waals surface area contributed by atoms with E-state index in [1.165, 1.54) is 17.0 Å². The Morgan fingerprint density at radius 2 is 1.80 bits per heavy atom. The molecule has 0 unspecified atom stereocenters. The second-order valence-electron chi connectivity index (χ2n) is 4.37. The Morgan fingerprint density at radius 1 is 1.20 bits per heavy atom. The van der Waals surface area contributed by atoms with Gasteiger partial charge in [-0.25, -0.2) is 4.79 Å². The molecule has 1 fully saturated rings. The minimum atomic E-state index is -0.977. The lowest BCUT2D eigenvalue weighted by molar-refractivity contribution is 0.0625. The number of carbonyl (C=O) groups excluding carboxylic acids is 1. The van der Waals surface area contributed by atoms with E-state index in [0.717, 1.165) is 0 Å². The van der Waals surface area contributed by atoms with Gasteiger partial charge in [0.2, 0.25) is 0 Å². The van der Waals surface area contributed by atoms with E-state index in [0.29, 0.717) is 36.8 Å². The molecule has 104 valence electrons. The highest BCUT2D eigenvalue weighted by Gasteiger charge is 2.24. The molecule has 0 saturated carbocycles. The van der Waals surface area contributed by atoms with E-state index < -0.39 is 6.09 Å². The molecule has 2 amide bonds. The number of nitriles is 1. The van der Waals surface area contributed by atoms with Gasteiger partial charge in [0, 0.05) is 31.7 Å². The molecule has 0 radical (unpaired) electrons. The molecule has 1 aromatic carbocycles. The number of carbonyl (C=O) groups is 2. The van der Waals surface area contributed by atoms with Gasteiger partial charge in [-0.2, -0.15) is 5.26 Å². The van der Waals surface area contributed by atoms with Crippen molar-refractivity contribution in [1.29, 1.82) is 5.26 Å². The summed E-state index contributed by atoms with van der Waals surface area (Å²) in [5, 5.41) is 18.1. The molecule has 0 spiro atoms. The zero-order valence-corrected chi connectivity index (χ0v) is 11.3. The first-order valence-electron chi connectivity index (χ1n) is 5.99. The van der Waals surface area contributed by atoms with Crippen LogP contribution in [0.25, 0.3) is 0 Å². The number of hydrogen-bond donors (Lipinski definition) is 1. The first kappa shape index (κ1) is 14.2. The molecule has 0 bridgehead atoms. The van der Waals surface area contributed by atoms with Crippen molar-refractivity contribution in [3.8, 4) is 6.07 Å². The summed E-state index contributed by atoms with van der Waals surface area (Å²) in [7, 11) is 0. The Morgan fingerprint density at radius 3 is 2.35 bits per heavy atom. The van der Waals surface area contributed by atoms with Gasteiger partial charge in [-0.05, 0) is 18.2 Å². The largest absolute Gasteiger partial charge is 0.465 e. The van der Waals surface area contributed by atoms with Crippen LogP contribution >= 0.6 is 11.6 Å². The summed E-state index contributed by atoms with van der Waals surface area (Å²) in [6, 6.07) is 6.46. The van der Waals surface area contributed by atoms with Gasteiger partial charge in [-0.3, -0.25) is 4.79 Å². The van der Waals surface area contributed by atoms with Crippen molar-refractivity contribution in [3.05, 3.63) is 34.3 Å². The fraction of sp³-hybridized carbons (Fsp3) is 0.308. The van der Waals surface area contributed by atoms with Crippen LogP contribution in [0.1, 0.15) is 15.9 Å². The van der Waals surface area contributed by atoms with Gasteiger partial charge in [-0.1, -0.05) is 11.6 Å². The van der Waals surface area contributed by atoms with Gasteiger partial charge in [0.25, 0.3) is 5.91 Å². The van der Waals surface area contributed by atoms with Crippen LogP contribution in [0.15, 0.2) is 18.2 Å². The number of amides is 2. The molecule has 1 aliphatic heterocycles. The second-order valence-corrected chi connectivity index (χ2v) is 4.78. The summed E-state index contributed by atoms with van der Waals surface area (Å²) >= 11 is 5.82. The van der Waals surface area contributed by atoms with Crippen LogP contribution < -0.4 is 0 Å². The molecule has 1 N–H and O–H groups in total. The summed E-state index contributed by atoms with van der Waals surface area (Å²) in [4.78, 5) is 25.9. The number of carboxylic acid groups (broad SMARTS) is 1. The lowest BCUT2D eigenvalue weighted by Crippen LogP contribution is -2.50. The van der Waals surface area contributed by atoms with Crippen molar-refractivity contribution < 1.29 is 14.7 Å². The molecule has 1 aromatic rings. The maximum Gasteiger partial charge on any atom is 0.407 e. The monoisotopic (exact) mass is 293 g/mol. The topological polar surface area (TPSA) is 84.6 Å². The number of nitrogens with zero attached hydrogens (tertiary/aromatic N) is 3. The van der Waals surface area contributed by atoms with Crippen LogP contribution in [0.3, 0.4) is 0 Å². The smallest absolute Gasteiger partial charge is 0.407 e. The van der Waals surface area contributed by atoms with E-state index in [1.807, 2.05) is 6.07 Å². The Labute approximate surface area is 120 Å². The summed E-state index contributed by atoms with van der Waals surface area (Å²) in [6.07, 6.45) is -0.977. The quantitative estimate of drug-likeness (QED) is 0.853. The normalized spacial score (nSPS) is 14.8. The molecule has 1 aliphatic rings. The Hall–Kier alpha value is -2.26. The average Bonchev–Trinajstić information content (AvgIpc) is 2.47. The van der Waals surface area contributed by atoms with Crippen LogP contribution in [0.2, 0.25) is 5.02 Å². The predicted octanol–water partition coefficient (Wildman–Crippen LogP) is 1.65. The lowest BCUT2D eigenvalue weighted by Gasteiger charge is -2.33. The van der Waals surface area contributed by atoms with Crippen molar-refractivity contribution in [2.24, 2.45) is 0 Å². The van der Waals surface area contributed by atoms with E-state index in [1.54, 1.807) is 11.0 Å². The number of piperazine rings is 1. The highest BCUT2D eigenvalue weighted by molar-refractivity contribution is 6.31. The summed E-state index contributed by atoms with van der Waals surface area (Å²) in [6.45, 7) is 1.27. The highest BCUT2D eigenvalue weighted by Crippen LogP contribution is 2.18. The Bertz CT molecular complexity index is 589. The average molecular weight is 294 g/mol. The van der Waals surface area contributed by atoms with E-state index >= 15 is 0 Å². The maximum absolute atomic E-state index is 12.3. The van der Waals surface area contributed by atoms with Gasteiger partial charge in [0.15, 0.2) is 0 Å². The minimum Gasteiger partial charge on any atom is -0.465 e. The van der Waals surface area contributed by atoms with Crippen LogP contribution in [0.5, 0.6) is 0 Å². The van der Waals surface area contributed by atoms with Gasteiger partial charge in [-0.15, -0.1) is 0 Å². The fourth-order valence-electron chi connectivity index (χ4n) is 2.03. The van der Waals surface area contributed by atoms with Crippen LogP contribution in [-0.2, 0) is 0 Å². The van der Waals surface area contributed by atoms with Gasteiger partial charge in [0.1, 0.15) is 6.07 Å². The molecule has 0 aliphatic carbocycles. The van der Waals surface area contributed by atoms with Crippen LogP contribution in [0, 0.1) is 11.3 Å². The molecule has 6 nitrogen and oxygen atoms in total. The number of halogens is 1. The van der Waals surface area contributed by atoms with Crippen molar-refractivity contribution in [3.63, 3.8) is 0 Å². The van der Waals surface area contributed by atoms with E-state index in [2.05, 4.69) is 0 Å². The number of rotatable bonds is 1. The van der Waals surface area contributed by atoms with Gasteiger partial charge >= 0.3 is 6.09 Å². The third-order valence-corrected chi connectivity index (χ3v) is 3.50. The maximum atomic E-state index is 12.3. The Balaban J connectivity index is 2.10. The summed E-state index contributed by atoms with van der Waals surface area (Å²) < 4.78 is 0. The Kier molecular flexibility index (Phi) is 4.11. The van der Waals surface area contributed by atoms with Crippen LogP contribution in [-0.4, -0.2) is 53.1 Å². The zero-order chi connectivity index (χ0) is 14.7.